The third-order valence-electron chi connectivity index (χ3n) is 9.48. The maximum Gasteiger partial charge on any atom is 0.327 e. The third kappa shape index (κ3) is 10.9. The van der Waals surface area contributed by atoms with Gasteiger partial charge in [0, 0.05) is 41.3 Å². The maximum atomic E-state index is 12.0. The number of pyridine rings is 1. The predicted molar refractivity (Wildman–Crippen MR) is 199 cm³/mol. The molecule has 1 N–H and O–H groups in total. The number of anilines is 1. The molecule has 290 valence electrons. The monoisotopic (exact) mass is 855 g/mol. The van der Waals surface area contributed by atoms with Gasteiger partial charge in [0.1, 0.15) is 16.3 Å². The lowest BCUT2D eigenvalue weighted by Crippen LogP contribution is -2.36. The van der Waals surface area contributed by atoms with Crippen LogP contribution in [-0.4, -0.2) is 73.7 Å². The van der Waals surface area contributed by atoms with Crippen molar-refractivity contribution in [3.8, 4) is 0 Å². The number of carbonyl (C=O) groups is 1. The van der Waals surface area contributed by atoms with E-state index < -0.39 is 63.6 Å². The van der Waals surface area contributed by atoms with Crippen molar-refractivity contribution in [1.29, 1.82) is 0 Å². The zero-order valence-corrected chi connectivity index (χ0v) is 33.6. The highest BCUT2D eigenvalue weighted by molar-refractivity contribution is 9.10. The van der Waals surface area contributed by atoms with Gasteiger partial charge >= 0.3 is 11.8 Å². The smallest absolute Gasteiger partial charge is 0.327 e. The van der Waals surface area contributed by atoms with Crippen LogP contribution in [0.15, 0.2) is 80.9 Å². The Bertz CT molecular complexity index is 2200. The minimum absolute atomic E-state index is 0.00432. The van der Waals surface area contributed by atoms with Gasteiger partial charge in [-0.25, -0.2) is 29.8 Å². The van der Waals surface area contributed by atoms with E-state index in [0.717, 1.165) is 15.7 Å². The van der Waals surface area contributed by atoms with Gasteiger partial charge < -0.3 is 23.7 Å². The average molecular weight is 857 g/mol. The Labute approximate surface area is 319 Å². The highest BCUT2D eigenvalue weighted by Crippen LogP contribution is 2.51. The molecule has 53 heavy (non-hydrogen) atoms. The van der Waals surface area contributed by atoms with Gasteiger partial charge in [0.05, 0.1) is 47.1 Å². The molecule has 1 aromatic carbocycles. The molecule has 1 atom stereocenters. The Hall–Kier alpha value is -3.26. The summed E-state index contributed by atoms with van der Waals surface area (Å²) in [5, 5.41) is 9.07. The topological polar surface area (TPSA) is 228 Å². The fourth-order valence-corrected chi connectivity index (χ4v) is 8.73. The third-order valence-corrected chi connectivity index (χ3v) is 12.3. The zero-order chi connectivity index (χ0) is 39.4. The fourth-order valence-electron chi connectivity index (χ4n) is 6.79. The number of benzene rings is 1. The number of hydrogen-bond acceptors (Lipinski definition) is 12. The second-order valence-corrected chi connectivity index (χ2v) is 19.2. The number of unbranched alkanes of at least 4 members (excludes halogenated alkanes) is 2. The molecule has 0 bridgehead atoms. The van der Waals surface area contributed by atoms with Crippen LogP contribution < -0.4 is 9.47 Å². The summed E-state index contributed by atoms with van der Waals surface area (Å²) in [6.45, 7) is 6.27. The highest BCUT2D eigenvalue weighted by Gasteiger charge is 2.44. The highest BCUT2D eigenvalue weighted by atomic mass is 79.9. The molecule has 3 heterocycles. The summed E-state index contributed by atoms with van der Waals surface area (Å²) >= 11 is 3.51. The van der Waals surface area contributed by atoms with Crippen LogP contribution in [0.5, 0.6) is 0 Å². The van der Waals surface area contributed by atoms with E-state index in [0.29, 0.717) is 48.4 Å². The molecule has 2 aliphatic heterocycles. The number of aromatic nitrogens is 1. The molecule has 0 amide bonds. The van der Waals surface area contributed by atoms with Crippen LogP contribution in [0.25, 0.3) is 0 Å². The quantitative estimate of drug-likeness (QED) is 0.0933. The first kappa shape index (κ1) is 42.5. The lowest BCUT2D eigenvalue weighted by molar-refractivity contribution is -0.684. The van der Waals surface area contributed by atoms with Gasteiger partial charge in [0.15, 0.2) is 5.71 Å². The van der Waals surface area contributed by atoms with Crippen molar-refractivity contribution in [2.45, 2.75) is 88.0 Å². The van der Waals surface area contributed by atoms with Gasteiger partial charge in [-0.15, -0.1) is 0 Å². The average Bonchev–Trinajstić information content (AvgIpc) is 3.41. The number of hydrogen-bond donors (Lipinski definition) is 1. The van der Waals surface area contributed by atoms with Crippen LogP contribution in [0.3, 0.4) is 0 Å². The number of aryl methyl sites for hydroxylation is 1. The Morgan fingerprint density at radius 3 is 2.23 bits per heavy atom. The molecule has 0 radical (unpaired) electrons. The van der Waals surface area contributed by atoms with Crippen molar-refractivity contribution in [2.24, 2.45) is 4.99 Å². The molecule has 1 aromatic heterocycles. The first-order chi connectivity index (χ1) is 24.5. The SMILES string of the molecule is CC1(C)C(/C=C/C=C/C=C2\N(CCCS(=O)(=O)[O-])c3ccc(S(=O)(=O)[O-])cc3C2(C)CCCCCC(=O)O)=Nc2c1cc(Br)c[n+]2CCCS(=O)(=O)[O-]. The van der Waals surface area contributed by atoms with Crippen LogP contribution in [0.4, 0.5) is 11.5 Å². The molecule has 0 aliphatic carbocycles. The summed E-state index contributed by atoms with van der Waals surface area (Å²) in [7, 11) is -13.7. The van der Waals surface area contributed by atoms with Crippen LogP contribution in [0.2, 0.25) is 0 Å². The molecular formula is C35H42BrN3O11S3-2. The molecule has 0 spiro atoms. The lowest BCUT2D eigenvalue weighted by atomic mass is 9.77. The van der Waals surface area contributed by atoms with Gasteiger partial charge in [0.25, 0.3) is 0 Å². The van der Waals surface area contributed by atoms with Crippen molar-refractivity contribution in [2.75, 3.05) is 23.0 Å². The molecule has 2 aromatic rings. The van der Waals surface area contributed by atoms with Gasteiger partial charge in [0.2, 0.25) is 0 Å². The maximum absolute atomic E-state index is 12.0. The summed E-state index contributed by atoms with van der Waals surface area (Å²) < 4.78 is 107. The number of carboxylic acid groups (broad SMARTS) is 1. The van der Waals surface area contributed by atoms with Gasteiger partial charge in [-0.3, -0.25) is 4.79 Å². The number of nitrogens with zero attached hydrogens (tertiary/aromatic N) is 3. The van der Waals surface area contributed by atoms with Crippen molar-refractivity contribution in [3.05, 3.63) is 82.1 Å². The molecule has 14 nitrogen and oxygen atoms in total. The van der Waals surface area contributed by atoms with Crippen LogP contribution in [0, 0.1) is 0 Å². The van der Waals surface area contributed by atoms with Gasteiger partial charge in [-0.05, 0) is 109 Å². The van der Waals surface area contributed by atoms with E-state index in [1.165, 1.54) is 18.2 Å². The van der Waals surface area contributed by atoms with E-state index >= 15 is 0 Å². The minimum atomic E-state index is -4.81. The van der Waals surface area contributed by atoms with E-state index in [1.54, 1.807) is 24.4 Å². The Kier molecular flexibility index (Phi) is 13.3. The first-order valence-electron chi connectivity index (χ1n) is 16.9. The zero-order valence-electron chi connectivity index (χ0n) is 29.5. The summed E-state index contributed by atoms with van der Waals surface area (Å²) in [5.41, 5.74) is 2.01. The number of aliphatic carboxylic acids is 1. The van der Waals surface area contributed by atoms with E-state index in [-0.39, 0.29) is 32.4 Å². The first-order valence-corrected chi connectivity index (χ1v) is 22.2. The largest absolute Gasteiger partial charge is 0.748 e. The van der Waals surface area contributed by atoms with Crippen LogP contribution in [-0.2, 0) is 52.5 Å². The van der Waals surface area contributed by atoms with E-state index in [9.17, 15) is 43.7 Å². The molecule has 1 unspecified atom stereocenters. The second-order valence-electron chi connectivity index (χ2n) is 13.8. The lowest BCUT2D eigenvalue weighted by Gasteiger charge is -2.31. The fraction of sp³-hybridized carbons (Fsp3) is 0.457. The van der Waals surface area contributed by atoms with Crippen molar-refractivity contribution < 1.29 is 53.4 Å². The summed E-state index contributed by atoms with van der Waals surface area (Å²) in [6, 6.07) is 5.97. The molecule has 0 saturated heterocycles. The molecule has 18 heteroatoms. The van der Waals surface area contributed by atoms with Crippen molar-refractivity contribution >= 4 is 69.5 Å². The Morgan fingerprint density at radius 1 is 0.906 bits per heavy atom. The molecule has 2 aliphatic rings. The van der Waals surface area contributed by atoms with Gasteiger partial charge in [-0.2, -0.15) is 0 Å². The second kappa shape index (κ2) is 16.6. The number of carboxylic acids is 1. The van der Waals surface area contributed by atoms with E-state index in [4.69, 9.17) is 10.1 Å². The standard InChI is InChI=1S/C35H44BrN3O11S3/c1-34(2)28-22-25(36)24-38(18-10-20-51(42,43)44)33(28)37-30(34)12-6-4-7-13-31-35(3,17-9-5-8-14-32(40)41)27-23-26(53(48,49)50)15-16-29(27)39(31)19-11-21-52(45,46)47/h4,6-7,12-13,15-16,22-24H,5,8-11,14,17-21H2,1-3H3,(H3-,40,41,42,43,44,45,46,47,48,49,50)/p-2. The molecular weight excluding hydrogens is 815 g/mol. The number of aliphatic imine (C=N–C) groups is 1. The van der Waals surface area contributed by atoms with Crippen LogP contribution >= 0.6 is 15.9 Å². The predicted octanol–water partition coefficient (Wildman–Crippen LogP) is 4.68. The number of rotatable bonds is 18. The molecule has 0 saturated carbocycles. The summed E-state index contributed by atoms with van der Waals surface area (Å²) in [5.74, 6) is -1.38. The van der Waals surface area contributed by atoms with E-state index in [2.05, 4.69) is 15.9 Å². The van der Waals surface area contributed by atoms with Crippen molar-refractivity contribution in [1.82, 2.24) is 0 Å². The molecule has 4 rings (SSSR count). The minimum Gasteiger partial charge on any atom is -0.748 e. The Balaban J connectivity index is 1.68. The number of fused-ring (bicyclic) bond motifs is 2. The van der Waals surface area contributed by atoms with Crippen molar-refractivity contribution in [3.63, 3.8) is 0 Å². The number of allylic oxidation sites excluding steroid dienone is 6. The summed E-state index contributed by atoms with van der Waals surface area (Å²) in [4.78, 5) is 17.3. The van der Waals surface area contributed by atoms with Crippen LogP contribution in [0.1, 0.15) is 76.8 Å². The number of halogens is 1. The van der Waals surface area contributed by atoms with Gasteiger partial charge in [-0.1, -0.05) is 31.1 Å². The summed E-state index contributed by atoms with van der Waals surface area (Å²) in [6.07, 6.45) is 12.9. The molecule has 0 fully saturated rings. The Morgan fingerprint density at radius 2 is 1.58 bits per heavy atom. The normalized spacial score (nSPS) is 19.3. The van der Waals surface area contributed by atoms with E-state index in [1.807, 2.05) is 48.5 Å².